The molecule has 6 heteroatoms. The molecule has 0 saturated carbocycles. The number of carbonyl (C=O) groups excluding carboxylic acids is 2. The zero-order chi connectivity index (χ0) is 16.9. The van der Waals surface area contributed by atoms with Crippen molar-refractivity contribution in [3.63, 3.8) is 0 Å². The van der Waals surface area contributed by atoms with Crippen LogP contribution in [0.3, 0.4) is 0 Å². The van der Waals surface area contributed by atoms with Gasteiger partial charge in [0.05, 0.1) is 19.6 Å². The van der Waals surface area contributed by atoms with Crippen molar-refractivity contribution >= 4 is 11.9 Å². The monoisotopic (exact) mass is 313 g/mol. The molecule has 2 aliphatic heterocycles. The van der Waals surface area contributed by atoms with Gasteiger partial charge in [0, 0.05) is 5.41 Å². The molecule has 2 heterocycles. The molecule has 2 aliphatic rings. The highest BCUT2D eigenvalue weighted by Crippen LogP contribution is 2.52. The molecular weight excluding hydrogens is 286 g/mol. The van der Waals surface area contributed by atoms with Crippen molar-refractivity contribution in [2.24, 2.45) is 11.3 Å². The number of ether oxygens (including phenoxy) is 2. The molecule has 1 N–H and O–H groups in total. The van der Waals surface area contributed by atoms with Gasteiger partial charge in [0.15, 0.2) is 5.54 Å². The Kier molecular flexibility index (Phi) is 4.07. The number of aliphatic hydroxyl groups is 1. The van der Waals surface area contributed by atoms with Crippen molar-refractivity contribution < 1.29 is 24.2 Å². The molecule has 0 aromatic rings. The summed E-state index contributed by atoms with van der Waals surface area (Å²) in [6.07, 6.45) is 0.712. The summed E-state index contributed by atoms with van der Waals surface area (Å²) in [5.41, 5.74) is -3.35. The van der Waals surface area contributed by atoms with Gasteiger partial charge in [-0.05, 0) is 13.3 Å². The molecule has 0 bridgehead atoms. The molecular formula is C16H27NO5. The van der Waals surface area contributed by atoms with Gasteiger partial charge in [0.1, 0.15) is 11.8 Å². The molecule has 0 aromatic carbocycles. The number of hydrogen-bond acceptors (Lipinski definition) is 5. The Bertz CT molecular complexity index is 481. The van der Waals surface area contributed by atoms with Crippen molar-refractivity contribution in [3.05, 3.63) is 0 Å². The first-order chi connectivity index (χ1) is 10.1. The van der Waals surface area contributed by atoms with Gasteiger partial charge < -0.3 is 14.6 Å². The van der Waals surface area contributed by atoms with E-state index in [1.54, 1.807) is 6.92 Å². The van der Waals surface area contributed by atoms with Gasteiger partial charge in [-0.1, -0.05) is 34.1 Å². The second-order valence-corrected chi connectivity index (χ2v) is 7.58. The molecule has 0 aromatic heterocycles. The van der Waals surface area contributed by atoms with E-state index in [0.29, 0.717) is 6.42 Å². The smallest absolute Gasteiger partial charge is 0.337 e. The van der Waals surface area contributed by atoms with Crippen LogP contribution in [0.5, 0.6) is 0 Å². The lowest BCUT2D eigenvalue weighted by Crippen LogP contribution is -2.64. The van der Waals surface area contributed by atoms with E-state index in [1.165, 1.54) is 12.0 Å². The van der Waals surface area contributed by atoms with Crippen LogP contribution in [0.4, 0.5) is 0 Å². The molecule has 0 radical (unpaired) electrons. The molecule has 126 valence electrons. The third-order valence-corrected chi connectivity index (χ3v) is 4.99. The Morgan fingerprint density at radius 3 is 2.55 bits per heavy atom. The summed E-state index contributed by atoms with van der Waals surface area (Å²) in [5.74, 6) is -1.46. The largest absolute Gasteiger partial charge is 0.467 e. The summed E-state index contributed by atoms with van der Waals surface area (Å²) in [7, 11) is 1.27. The molecule has 0 spiro atoms. The first-order valence-corrected chi connectivity index (χ1v) is 7.81. The molecule has 0 unspecified atom stereocenters. The van der Waals surface area contributed by atoms with Crippen LogP contribution in [0.2, 0.25) is 0 Å². The maximum atomic E-state index is 13.0. The predicted molar refractivity (Wildman–Crippen MR) is 79.8 cm³/mol. The van der Waals surface area contributed by atoms with E-state index >= 15 is 0 Å². The van der Waals surface area contributed by atoms with Crippen LogP contribution in [0.15, 0.2) is 0 Å². The third kappa shape index (κ3) is 2.00. The number of hydrogen-bond donors (Lipinski definition) is 1. The van der Waals surface area contributed by atoms with Crippen LogP contribution in [0, 0.1) is 11.3 Å². The number of nitrogens with zero attached hydrogens (tertiary/aromatic N) is 1. The fourth-order valence-corrected chi connectivity index (χ4v) is 3.80. The molecule has 6 nitrogen and oxygen atoms in total. The maximum absolute atomic E-state index is 13.0. The number of methoxy groups -OCH3 is 1. The van der Waals surface area contributed by atoms with E-state index in [2.05, 4.69) is 0 Å². The van der Waals surface area contributed by atoms with Crippen molar-refractivity contribution in [1.29, 1.82) is 0 Å². The first-order valence-electron chi connectivity index (χ1n) is 7.81. The van der Waals surface area contributed by atoms with Crippen LogP contribution < -0.4 is 0 Å². The van der Waals surface area contributed by atoms with Gasteiger partial charge in [-0.15, -0.1) is 0 Å². The maximum Gasteiger partial charge on any atom is 0.337 e. The van der Waals surface area contributed by atoms with Gasteiger partial charge in [-0.2, -0.15) is 0 Å². The summed E-state index contributed by atoms with van der Waals surface area (Å²) in [4.78, 5) is 26.9. The van der Waals surface area contributed by atoms with Crippen molar-refractivity contribution in [2.75, 3.05) is 13.7 Å². The van der Waals surface area contributed by atoms with Crippen LogP contribution in [-0.2, 0) is 19.1 Å². The second kappa shape index (κ2) is 5.20. The normalized spacial score (nSPS) is 38.3. The highest BCUT2D eigenvalue weighted by atomic mass is 16.6. The molecule has 4 atom stereocenters. The minimum Gasteiger partial charge on any atom is -0.467 e. The Balaban J connectivity index is 2.59. The zero-order valence-electron chi connectivity index (χ0n) is 14.3. The van der Waals surface area contributed by atoms with Gasteiger partial charge in [-0.25, -0.2) is 4.79 Å². The summed E-state index contributed by atoms with van der Waals surface area (Å²) in [6, 6.07) is 0. The Morgan fingerprint density at radius 2 is 2.09 bits per heavy atom. The number of carbonyl (C=O) groups is 2. The topological polar surface area (TPSA) is 76.1 Å². The minimum absolute atomic E-state index is 0.0411. The zero-order valence-corrected chi connectivity index (χ0v) is 14.3. The third-order valence-electron chi connectivity index (χ3n) is 4.99. The van der Waals surface area contributed by atoms with Crippen LogP contribution in [0.25, 0.3) is 0 Å². The lowest BCUT2D eigenvalue weighted by Gasteiger charge is -2.40. The first kappa shape index (κ1) is 17.2. The fraction of sp³-hybridized carbons (Fsp3) is 0.875. The number of esters is 1. The van der Waals surface area contributed by atoms with E-state index < -0.39 is 29.3 Å². The van der Waals surface area contributed by atoms with Gasteiger partial charge in [-0.3, -0.25) is 9.69 Å². The summed E-state index contributed by atoms with van der Waals surface area (Å²) in [6.45, 7) is 9.30. The lowest BCUT2D eigenvalue weighted by molar-refractivity contribution is -0.167. The molecule has 2 fully saturated rings. The fourth-order valence-electron chi connectivity index (χ4n) is 3.80. The average Bonchev–Trinajstić information content (AvgIpc) is 2.90. The van der Waals surface area contributed by atoms with E-state index in [0.717, 1.165) is 6.42 Å². The van der Waals surface area contributed by atoms with Crippen LogP contribution in [-0.4, -0.2) is 53.0 Å². The highest BCUT2D eigenvalue weighted by molar-refractivity contribution is 5.96. The number of amides is 1. The van der Waals surface area contributed by atoms with Crippen molar-refractivity contribution in [1.82, 2.24) is 4.90 Å². The lowest BCUT2D eigenvalue weighted by atomic mass is 9.75. The SMILES string of the molecule is CCC[C@H]1C(=O)N2[C@H](C(C)(C)C)OC[C@]2(C(=O)OC)[C@@]1(C)O. The van der Waals surface area contributed by atoms with Crippen molar-refractivity contribution in [2.45, 2.75) is 64.8 Å². The standard InChI is InChI=1S/C16H27NO5/c1-7-8-10-11(18)17-12(14(2,3)4)22-9-16(17,13(19)21-6)15(10,5)20/h10,12,20H,7-9H2,1-6H3/t10-,12-,15-,16-/m0/s1. The van der Waals surface area contributed by atoms with Crippen molar-refractivity contribution in [3.8, 4) is 0 Å². The van der Waals surface area contributed by atoms with E-state index in [4.69, 9.17) is 9.47 Å². The molecule has 2 saturated heterocycles. The molecule has 0 aliphatic carbocycles. The van der Waals surface area contributed by atoms with Gasteiger partial charge in [0.25, 0.3) is 0 Å². The Labute approximate surface area is 131 Å². The summed E-state index contributed by atoms with van der Waals surface area (Å²) >= 11 is 0. The quantitative estimate of drug-likeness (QED) is 0.795. The second-order valence-electron chi connectivity index (χ2n) is 7.58. The van der Waals surface area contributed by atoms with Crippen LogP contribution in [0.1, 0.15) is 47.5 Å². The molecule has 22 heavy (non-hydrogen) atoms. The summed E-state index contributed by atoms with van der Waals surface area (Å²) < 4.78 is 10.7. The molecule has 1 amide bonds. The highest BCUT2D eigenvalue weighted by Gasteiger charge is 2.75. The van der Waals surface area contributed by atoms with E-state index in [1.807, 2.05) is 27.7 Å². The van der Waals surface area contributed by atoms with E-state index in [9.17, 15) is 14.7 Å². The van der Waals surface area contributed by atoms with Crippen LogP contribution >= 0.6 is 0 Å². The number of fused-ring (bicyclic) bond motifs is 1. The Hall–Kier alpha value is -1.14. The average molecular weight is 313 g/mol. The molecule has 2 rings (SSSR count). The van der Waals surface area contributed by atoms with E-state index in [-0.39, 0.29) is 17.9 Å². The summed E-state index contributed by atoms with van der Waals surface area (Å²) in [5, 5.41) is 11.1. The number of rotatable bonds is 3. The predicted octanol–water partition coefficient (Wildman–Crippen LogP) is 1.31. The van der Waals surface area contributed by atoms with Gasteiger partial charge in [0.2, 0.25) is 5.91 Å². The minimum atomic E-state index is -1.52. The Morgan fingerprint density at radius 1 is 1.50 bits per heavy atom. The van der Waals surface area contributed by atoms with Gasteiger partial charge >= 0.3 is 5.97 Å².